The third kappa shape index (κ3) is 4.71. The van der Waals surface area contributed by atoms with Crippen molar-refractivity contribution in [3.63, 3.8) is 0 Å². The number of likely N-dealkylation sites (N-methyl/N-ethyl adjacent to an activating group) is 1. The highest BCUT2D eigenvalue weighted by atomic mass is 16.3. The summed E-state index contributed by atoms with van der Waals surface area (Å²) >= 11 is 0. The molecule has 1 amide bonds. The quantitative estimate of drug-likeness (QED) is 0.618. The Kier molecular flexibility index (Phi) is 6.36. The first-order valence-corrected chi connectivity index (χ1v) is 7.72. The summed E-state index contributed by atoms with van der Waals surface area (Å²) in [5, 5.41) is 10.9. The van der Waals surface area contributed by atoms with Gasteiger partial charge in [-0.2, -0.15) is 0 Å². The van der Waals surface area contributed by atoms with Crippen LogP contribution in [0.1, 0.15) is 10.4 Å². The monoisotopic (exact) mass is 343 g/mol. The van der Waals surface area contributed by atoms with Gasteiger partial charge in [-0.25, -0.2) is 0 Å². The van der Waals surface area contributed by atoms with Gasteiger partial charge in [0.25, 0.3) is 12.4 Å². The second-order valence-electron chi connectivity index (χ2n) is 5.60. The summed E-state index contributed by atoms with van der Waals surface area (Å²) in [6.45, 7) is 1.17. The van der Waals surface area contributed by atoms with Crippen LogP contribution in [-0.2, 0) is 4.79 Å². The van der Waals surface area contributed by atoms with Crippen molar-refractivity contribution >= 4 is 23.3 Å². The van der Waals surface area contributed by atoms with Crippen LogP contribution in [0.15, 0.2) is 47.2 Å². The number of hydrogen-bond acceptors (Lipinski definition) is 4. The molecule has 0 spiro atoms. The molecule has 0 aliphatic heterocycles. The van der Waals surface area contributed by atoms with Gasteiger partial charge in [-0.1, -0.05) is 0 Å². The molecule has 0 aliphatic carbocycles. The van der Waals surface area contributed by atoms with Crippen molar-refractivity contribution in [1.29, 1.82) is 0 Å². The summed E-state index contributed by atoms with van der Waals surface area (Å²) < 4.78 is 5.49. The van der Waals surface area contributed by atoms with Gasteiger partial charge in [-0.15, -0.1) is 0 Å². The molecule has 0 aliphatic rings. The molecule has 0 saturated carbocycles. The predicted octanol–water partition coefficient (Wildman–Crippen LogP) is 2.42. The first-order chi connectivity index (χ1) is 12.1. The third-order valence-electron chi connectivity index (χ3n) is 3.56. The number of amides is 1. The average molecular weight is 343 g/mol. The SMILES string of the molecule is CN(C)CCNC(=O)c1cc(-c2ccco2)c2cc[nH]c2c1.O=CO. The lowest BCUT2D eigenvalue weighted by Crippen LogP contribution is -2.31. The first-order valence-electron chi connectivity index (χ1n) is 7.72. The van der Waals surface area contributed by atoms with E-state index < -0.39 is 0 Å². The van der Waals surface area contributed by atoms with Gasteiger partial charge in [-0.3, -0.25) is 9.59 Å². The Balaban J connectivity index is 0.000000701. The van der Waals surface area contributed by atoms with E-state index in [4.69, 9.17) is 14.3 Å². The van der Waals surface area contributed by atoms with Gasteiger partial charge in [0.15, 0.2) is 0 Å². The normalized spacial score (nSPS) is 10.4. The molecule has 7 nitrogen and oxygen atoms in total. The molecule has 3 aromatic rings. The summed E-state index contributed by atoms with van der Waals surface area (Å²) in [7, 11) is 3.96. The zero-order valence-corrected chi connectivity index (χ0v) is 14.2. The molecule has 3 N–H and O–H groups in total. The highest BCUT2D eigenvalue weighted by Crippen LogP contribution is 2.30. The summed E-state index contributed by atoms with van der Waals surface area (Å²) in [5.74, 6) is 0.679. The van der Waals surface area contributed by atoms with Gasteiger partial charge >= 0.3 is 0 Å². The number of nitrogens with one attached hydrogen (secondary N) is 2. The fraction of sp³-hybridized carbons (Fsp3) is 0.222. The number of benzene rings is 1. The average Bonchev–Trinajstić information content (AvgIpc) is 3.25. The van der Waals surface area contributed by atoms with E-state index in [-0.39, 0.29) is 12.4 Å². The second-order valence-corrected chi connectivity index (χ2v) is 5.60. The Hall–Kier alpha value is -3.06. The maximum Gasteiger partial charge on any atom is 0.290 e. The van der Waals surface area contributed by atoms with E-state index in [9.17, 15) is 4.79 Å². The topological polar surface area (TPSA) is 98.6 Å². The second kappa shape index (κ2) is 8.70. The minimum absolute atomic E-state index is 0.0776. The fourth-order valence-electron chi connectivity index (χ4n) is 2.43. The predicted molar refractivity (Wildman–Crippen MR) is 95.6 cm³/mol. The number of nitrogens with zero attached hydrogens (tertiary/aromatic N) is 1. The van der Waals surface area contributed by atoms with Crippen LogP contribution in [0.5, 0.6) is 0 Å². The maximum atomic E-state index is 12.3. The number of aromatic nitrogens is 1. The third-order valence-corrected chi connectivity index (χ3v) is 3.56. The number of carboxylic acid groups (broad SMARTS) is 1. The van der Waals surface area contributed by atoms with Crippen LogP contribution in [0.2, 0.25) is 0 Å². The number of fused-ring (bicyclic) bond motifs is 1. The van der Waals surface area contributed by atoms with Crippen LogP contribution in [0.25, 0.3) is 22.2 Å². The van der Waals surface area contributed by atoms with Crippen LogP contribution >= 0.6 is 0 Å². The molecule has 0 bridgehead atoms. The van der Waals surface area contributed by atoms with Crippen molar-refractivity contribution < 1.29 is 19.1 Å². The number of carbonyl (C=O) groups excluding carboxylic acids is 1. The van der Waals surface area contributed by atoms with E-state index in [1.807, 2.05) is 55.5 Å². The Morgan fingerprint density at radius 2 is 2.12 bits per heavy atom. The number of rotatable bonds is 5. The van der Waals surface area contributed by atoms with E-state index >= 15 is 0 Å². The summed E-state index contributed by atoms with van der Waals surface area (Å²) in [4.78, 5) is 25.9. The Labute approximate surface area is 145 Å². The van der Waals surface area contributed by atoms with Crippen molar-refractivity contribution in [2.75, 3.05) is 27.2 Å². The minimum atomic E-state index is -0.250. The summed E-state index contributed by atoms with van der Waals surface area (Å²) in [6.07, 6.45) is 3.50. The van der Waals surface area contributed by atoms with Crippen LogP contribution < -0.4 is 5.32 Å². The number of aromatic amines is 1. The number of carbonyl (C=O) groups is 2. The van der Waals surface area contributed by atoms with Crippen molar-refractivity contribution in [3.05, 3.63) is 48.4 Å². The highest BCUT2D eigenvalue weighted by molar-refractivity contribution is 6.03. The van der Waals surface area contributed by atoms with Crippen LogP contribution in [0, 0.1) is 0 Å². The largest absolute Gasteiger partial charge is 0.483 e. The standard InChI is InChI=1S/C17H19N3O2.CH2O2/c1-20(2)8-7-19-17(21)12-10-14(16-4-3-9-22-16)13-5-6-18-15(13)11-12;2-1-3/h3-6,9-11,18H,7-8H2,1-2H3,(H,19,21);1H,(H,2,3). The first kappa shape index (κ1) is 18.3. The lowest BCUT2D eigenvalue weighted by Gasteiger charge is -2.11. The van der Waals surface area contributed by atoms with Crippen molar-refractivity contribution in [2.45, 2.75) is 0 Å². The summed E-state index contributed by atoms with van der Waals surface area (Å²) in [5.41, 5.74) is 2.47. The molecule has 2 aromatic heterocycles. The van der Waals surface area contributed by atoms with Gasteiger partial charge in [0.1, 0.15) is 5.76 Å². The van der Waals surface area contributed by atoms with E-state index in [1.165, 1.54) is 0 Å². The lowest BCUT2D eigenvalue weighted by molar-refractivity contribution is -0.122. The molecule has 0 saturated heterocycles. The molecule has 2 heterocycles. The minimum Gasteiger partial charge on any atom is -0.483 e. The molecule has 0 fully saturated rings. The van der Waals surface area contributed by atoms with Crippen molar-refractivity contribution in [2.24, 2.45) is 0 Å². The Morgan fingerprint density at radius 1 is 1.36 bits per heavy atom. The van der Waals surface area contributed by atoms with E-state index in [2.05, 4.69) is 10.3 Å². The van der Waals surface area contributed by atoms with Crippen LogP contribution in [0.4, 0.5) is 0 Å². The molecular weight excluding hydrogens is 322 g/mol. The molecule has 25 heavy (non-hydrogen) atoms. The fourth-order valence-corrected chi connectivity index (χ4v) is 2.43. The van der Waals surface area contributed by atoms with Gasteiger partial charge in [0.2, 0.25) is 0 Å². The van der Waals surface area contributed by atoms with Crippen LogP contribution in [-0.4, -0.2) is 54.6 Å². The van der Waals surface area contributed by atoms with Crippen LogP contribution in [0.3, 0.4) is 0 Å². The molecular formula is C18H21N3O4. The number of hydrogen-bond donors (Lipinski definition) is 3. The van der Waals surface area contributed by atoms with Gasteiger partial charge in [0.05, 0.1) is 6.26 Å². The molecule has 0 atom stereocenters. The molecule has 3 rings (SSSR count). The molecule has 0 unspecified atom stereocenters. The smallest absolute Gasteiger partial charge is 0.290 e. The Bertz CT molecular complexity index is 822. The van der Waals surface area contributed by atoms with Gasteiger partial charge in [-0.05, 0) is 44.4 Å². The van der Waals surface area contributed by atoms with E-state index in [0.717, 1.165) is 28.8 Å². The van der Waals surface area contributed by atoms with E-state index in [0.29, 0.717) is 12.1 Å². The maximum absolute atomic E-state index is 12.3. The van der Waals surface area contributed by atoms with Gasteiger partial charge < -0.3 is 24.7 Å². The Morgan fingerprint density at radius 3 is 2.76 bits per heavy atom. The summed E-state index contributed by atoms with van der Waals surface area (Å²) in [6, 6.07) is 9.47. The van der Waals surface area contributed by atoms with Crippen molar-refractivity contribution in [1.82, 2.24) is 15.2 Å². The van der Waals surface area contributed by atoms with Gasteiger partial charge in [0, 0.05) is 41.3 Å². The zero-order chi connectivity index (χ0) is 18.2. The highest BCUT2D eigenvalue weighted by Gasteiger charge is 2.13. The van der Waals surface area contributed by atoms with E-state index in [1.54, 1.807) is 6.26 Å². The van der Waals surface area contributed by atoms with Crippen molar-refractivity contribution in [3.8, 4) is 11.3 Å². The zero-order valence-electron chi connectivity index (χ0n) is 14.2. The number of H-pyrrole nitrogens is 1. The molecule has 132 valence electrons. The molecule has 1 aromatic carbocycles. The molecule has 7 heteroatoms. The molecule has 0 radical (unpaired) electrons. The number of furan rings is 1. The lowest BCUT2D eigenvalue weighted by atomic mass is 10.0.